The maximum Gasteiger partial charge on any atom is 0.290 e. The van der Waals surface area contributed by atoms with E-state index in [1.165, 1.54) is 19.1 Å². The average molecular weight is 290 g/mol. The number of ketones is 1. The summed E-state index contributed by atoms with van der Waals surface area (Å²) in [5.74, 6) is -2.76. The fourth-order valence-electron chi connectivity index (χ4n) is 2.32. The number of Topliss-reactive ketones (excluding diaryl/α,β-unsaturated/α-hetero) is 1. The Morgan fingerprint density at radius 3 is 2.57 bits per heavy atom. The van der Waals surface area contributed by atoms with E-state index < -0.39 is 23.5 Å². The van der Waals surface area contributed by atoms with E-state index in [0.717, 1.165) is 16.2 Å². The Kier molecular flexibility index (Phi) is 4.37. The Balaban J connectivity index is 2.15. The van der Waals surface area contributed by atoms with Gasteiger partial charge in [-0.15, -0.1) is 0 Å². The van der Waals surface area contributed by atoms with E-state index in [9.17, 15) is 14.4 Å². The van der Waals surface area contributed by atoms with Gasteiger partial charge in [-0.2, -0.15) is 0 Å². The maximum atomic E-state index is 12.4. The van der Waals surface area contributed by atoms with Crippen LogP contribution in [0.4, 0.5) is 0 Å². The molecule has 0 N–H and O–H groups in total. The number of amides is 2. The van der Waals surface area contributed by atoms with Crippen LogP contribution in [0.2, 0.25) is 0 Å². The van der Waals surface area contributed by atoms with Gasteiger partial charge >= 0.3 is 0 Å². The van der Waals surface area contributed by atoms with Gasteiger partial charge in [0.2, 0.25) is 5.78 Å². The van der Waals surface area contributed by atoms with Crippen LogP contribution in [0.1, 0.15) is 11.1 Å². The molecular formula is C15H18N2O4. The highest BCUT2D eigenvalue weighted by molar-refractivity contribution is 6.42. The predicted molar refractivity (Wildman–Crippen MR) is 74.9 cm³/mol. The van der Waals surface area contributed by atoms with E-state index in [1.54, 1.807) is 0 Å². The predicted octanol–water partition coefficient (Wildman–Crippen LogP) is 0.542. The minimum atomic E-state index is -0.980. The molecule has 21 heavy (non-hydrogen) atoms. The highest BCUT2D eigenvalue weighted by Gasteiger charge is 2.43. The van der Waals surface area contributed by atoms with Gasteiger partial charge in [-0.25, -0.2) is 5.06 Å². The Hall–Kier alpha value is -2.21. The van der Waals surface area contributed by atoms with Crippen molar-refractivity contribution in [1.29, 1.82) is 0 Å². The molecule has 1 aromatic carbocycles. The van der Waals surface area contributed by atoms with Crippen LogP contribution >= 0.6 is 0 Å². The second-order valence-electron chi connectivity index (χ2n) is 5.09. The van der Waals surface area contributed by atoms with Crippen molar-refractivity contribution in [3.05, 3.63) is 35.4 Å². The molecule has 6 heteroatoms. The molecule has 2 rings (SSSR count). The number of hydroxylamine groups is 2. The van der Waals surface area contributed by atoms with E-state index >= 15 is 0 Å². The van der Waals surface area contributed by atoms with E-state index in [-0.39, 0.29) is 13.1 Å². The zero-order chi connectivity index (χ0) is 15.6. The average Bonchev–Trinajstić information content (AvgIpc) is 2.73. The standard InChI is InChI=1S/C15H18N2O4/c1-10-6-4-5-7-11(10)8-17(21-3)14(19)12-9-16(2)15(20)13(12)18/h4-7,12H,8-9H2,1-3H3. The molecule has 0 saturated carbocycles. The lowest BCUT2D eigenvalue weighted by Crippen LogP contribution is -2.38. The first-order chi connectivity index (χ1) is 9.95. The first-order valence-electron chi connectivity index (χ1n) is 6.65. The van der Waals surface area contributed by atoms with Crippen LogP contribution < -0.4 is 0 Å². The van der Waals surface area contributed by atoms with E-state index in [4.69, 9.17) is 4.84 Å². The Morgan fingerprint density at radius 1 is 1.38 bits per heavy atom. The van der Waals surface area contributed by atoms with Gasteiger partial charge in [-0.3, -0.25) is 19.2 Å². The topological polar surface area (TPSA) is 66.9 Å². The summed E-state index contributed by atoms with van der Waals surface area (Å²) in [7, 11) is 2.88. The maximum absolute atomic E-state index is 12.4. The lowest BCUT2D eigenvalue weighted by atomic mass is 10.1. The highest BCUT2D eigenvalue weighted by Crippen LogP contribution is 2.18. The van der Waals surface area contributed by atoms with Crippen LogP contribution in [0.15, 0.2) is 24.3 Å². The van der Waals surface area contributed by atoms with Crippen LogP contribution in [-0.4, -0.2) is 48.3 Å². The van der Waals surface area contributed by atoms with Crippen LogP contribution in [-0.2, 0) is 25.8 Å². The van der Waals surface area contributed by atoms with Gasteiger partial charge in [0.1, 0.15) is 5.92 Å². The lowest BCUT2D eigenvalue weighted by Gasteiger charge is -2.22. The number of likely N-dealkylation sites (tertiary alicyclic amines) is 1. The molecule has 2 amide bonds. The summed E-state index contributed by atoms with van der Waals surface area (Å²) < 4.78 is 0. The van der Waals surface area contributed by atoms with Crippen LogP contribution in [0.25, 0.3) is 0 Å². The number of hydrogen-bond acceptors (Lipinski definition) is 4. The number of hydrogen-bond donors (Lipinski definition) is 0. The second-order valence-corrected chi connectivity index (χ2v) is 5.09. The first-order valence-corrected chi connectivity index (χ1v) is 6.65. The van der Waals surface area contributed by atoms with Gasteiger partial charge in [0, 0.05) is 13.6 Å². The second kappa shape index (κ2) is 6.05. The summed E-state index contributed by atoms with van der Waals surface area (Å²) in [6.07, 6.45) is 0. The quantitative estimate of drug-likeness (QED) is 0.461. The van der Waals surface area contributed by atoms with Crippen molar-refractivity contribution in [2.75, 3.05) is 20.7 Å². The normalized spacial score (nSPS) is 18.2. The highest BCUT2D eigenvalue weighted by atomic mass is 16.7. The van der Waals surface area contributed by atoms with Crippen molar-refractivity contribution in [2.24, 2.45) is 5.92 Å². The van der Waals surface area contributed by atoms with Gasteiger partial charge in [-0.05, 0) is 18.1 Å². The largest absolute Gasteiger partial charge is 0.338 e. The summed E-state index contributed by atoms with van der Waals surface area (Å²) in [5.41, 5.74) is 1.95. The molecule has 0 spiro atoms. The summed E-state index contributed by atoms with van der Waals surface area (Å²) in [6, 6.07) is 7.61. The molecule has 6 nitrogen and oxygen atoms in total. The van der Waals surface area contributed by atoms with Gasteiger partial charge in [0.25, 0.3) is 11.8 Å². The minimum Gasteiger partial charge on any atom is -0.338 e. The number of nitrogens with zero attached hydrogens (tertiary/aromatic N) is 2. The van der Waals surface area contributed by atoms with E-state index in [0.29, 0.717) is 0 Å². The number of carbonyl (C=O) groups excluding carboxylic acids is 3. The third-order valence-corrected chi connectivity index (χ3v) is 3.67. The van der Waals surface area contributed by atoms with Crippen molar-refractivity contribution < 1.29 is 19.2 Å². The monoisotopic (exact) mass is 290 g/mol. The zero-order valence-electron chi connectivity index (χ0n) is 12.3. The molecule has 1 unspecified atom stereocenters. The molecule has 1 atom stereocenters. The Labute approximate surface area is 123 Å². The number of likely N-dealkylation sites (N-methyl/N-ethyl adjacent to an activating group) is 1. The van der Waals surface area contributed by atoms with Crippen molar-refractivity contribution in [1.82, 2.24) is 9.96 Å². The fraction of sp³-hybridized carbons (Fsp3) is 0.400. The summed E-state index contributed by atoms with van der Waals surface area (Å²) >= 11 is 0. The van der Waals surface area contributed by atoms with Crippen molar-refractivity contribution >= 4 is 17.6 Å². The van der Waals surface area contributed by atoms with E-state index in [2.05, 4.69) is 0 Å². The van der Waals surface area contributed by atoms with E-state index in [1.807, 2.05) is 31.2 Å². The van der Waals surface area contributed by atoms with Crippen molar-refractivity contribution in [3.63, 3.8) is 0 Å². The minimum absolute atomic E-state index is 0.101. The third-order valence-electron chi connectivity index (χ3n) is 3.67. The Morgan fingerprint density at radius 2 is 2.05 bits per heavy atom. The molecule has 112 valence electrons. The molecule has 0 radical (unpaired) electrons. The molecule has 1 aliphatic rings. The molecule has 1 aromatic rings. The molecule has 1 saturated heterocycles. The van der Waals surface area contributed by atoms with Gasteiger partial charge in [0.15, 0.2) is 0 Å². The number of rotatable bonds is 4. The molecule has 0 bridgehead atoms. The summed E-state index contributed by atoms with van der Waals surface area (Å²) in [6.45, 7) is 2.28. The smallest absolute Gasteiger partial charge is 0.290 e. The van der Waals surface area contributed by atoms with Gasteiger partial charge in [0.05, 0.1) is 13.7 Å². The first kappa shape index (κ1) is 15.2. The molecule has 1 aliphatic heterocycles. The van der Waals surface area contributed by atoms with Crippen molar-refractivity contribution in [3.8, 4) is 0 Å². The molecule has 1 fully saturated rings. The number of carbonyl (C=O) groups is 3. The number of aryl methyl sites for hydroxylation is 1. The summed E-state index contributed by atoms with van der Waals surface area (Å²) in [5, 5.41) is 1.14. The van der Waals surface area contributed by atoms with Crippen LogP contribution in [0, 0.1) is 12.8 Å². The third kappa shape index (κ3) is 2.95. The van der Waals surface area contributed by atoms with Crippen LogP contribution in [0.5, 0.6) is 0 Å². The fourth-order valence-corrected chi connectivity index (χ4v) is 2.32. The van der Waals surface area contributed by atoms with Crippen molar-refractivity contribution in [2.45, 2.75) is 13.5 Å². The summed E-state index contributed by atoms with van der Waals surface area (Å²) in [4.78, 5) is 42.1. The number of benzene rings is 1. The Bertz CT molecular complexity index is 585. The molecule has 0 aliphatic carbocycles. The van der Waals surface area contributed by atoms with Crippen LogP contribution in [0.3, 0.4) is 0 Å². The molecule has 1 heterocycles. The molecule has 0 aromatic heterocycles. The van der Waals surface area contributed by atoms with Gasteiger partial charge < -0.3 is 4.90 Å². The SMILES string of the molecule is CON(Cc1ccccc1C)C(=O)C1CN(C)C(=O)C1=O. The van der Waals surface area contributed by atoms with Gasteiger partial charge in [-0.1, -0.05) is 24.3 Å². The zero-order valence-corrected chi connectivity index (χ0v) is 12.3. The lowest BCUT2D eigenvalue weighted by molar-refractivity contribution is -0.183. The molecular weight excluding hydrogens is 272 g/mol.